The van der Waals surface area contributed by atoms with Gasteiger partial charge in [-0.2, -0.15) is 0 Å². The van der Waals surface area contributed by atoms with Crippen LogP contribution in [0.2, 0.25) is 5.02 Å². The van der Waals surface area contributed by atoms with Gasteiger partial charge in [-0.05, 0) is 53.5 Å². The Kier molecular flexibility index (Phi) is 5.88. The zero-order valence-corrected chi connectivity index (χ0v) is 17.8. The van der Waals surface area contributed by atoms with Crippen LogP contribution in [0, 0.1) is 12.7 Å². The second-order valence-electron chi connectivity index (χ2n) is 7.40. The molecule has 0 aliphatic carbocycles. The minimum absolute atomic E-state index is 0.175. The maximum Gasteiger partial charge on any atom is 0.335 e. The maximum atomic E-state index is 13.9. The van der Waals surface area contributed by atoms with E-state index in [1.165, 1.54) is 18.2 Å². The van der Waals surface area contributed by atoms with E-state index in [-0.39, 0.29) is 11.4 Å². The van der Waals surface area contributed by atoms with Gasteiger partial charge in [0, 0.05) is 11.4 Å². The highest BCUT2D eigenvalue weighted by atomic mass is 35.5. The van der Waals surface area contributed by atoms with Gasteiger partial charge >= 0.3 is 6.03 Å². The van der Waals surface area contributed by atoms with Gasteiger partial charge < -0.3 is 0 Å². The minimum atomic E-state index is -0.831. The molecule has 0 saturated carbocycles. The lowest BCUT2D eigenvalue weighted by atomic mass is 10.0. The van der Waals surface area contributed by atoms with Crippen molar-refractivity contribution >= 4 is 41.2 Å². The molecule has 3 aromatic rings. The van der Waals surface area contributed by atoms with Crippen molar-refractivity contribution in [1.29, 1.82) is 0 Å². The first kappa shape index (κ1) is 21.5. The van der Waals surface area contributed by atoms with Crippen molar-refractivity contribution in [2.45, 2.75) is 13.3 Å². The molecular formula is C25H18ClFN2O3. The maximum absolute atomic E-state index is 13.9. The zero-order chi connectivity index (χ0) is 22.8. The number of imide groups is 2. The van der Waals surface area contributed by atoms with Crippen LogP contribution in [0.25, 0.3) is 6.08 Å². The third kappa shape index (κ3) is 4.31. The van der Waals surface area contributed by atoms with Crippen LogP contribution in [0.5, 0.6) is 0 Å². The summed E-state index contributed by atoms with van der Waals surface area (Å²) in [6.45, 7) is 1.74. The molecule has 32 heavy (non-hydrogen) atoms. The molecule has 0 unspecified atom stereocenters. The minimum Gasteiger partial charge on any atom is -0.273 e. The fraction of sp³-hybridized carbons (Fsp3) is 0.0800. The Bertz CT molecular complexity index is 1270. The number of urea groups is 1. The number of carbonyl (C=O) groups excluding carboxylic acids is 3. The summed E-state index contributed by atoms with van der Waals surface area (Å²) < 4.78 is 13.9. The first-order chi connectivity index (χ1) is 15.3. The molecule has 0 spiro atoms. The predicted octanol–water partition coefficient (Wildman–Crippen LogP) is 5.04. The summed E-state index contributed by atoms with van der Waals surface area (Å²) in [5.74, 6) is -1.78. The lowest BCUT2D eigenvalue weighted by Crippen LogP contribution is -2.54. The van der Waals surface area contributed by atoms with Crippen molar-refractivity contribution in [3.8, 4) is 0 Å². The number of barbiturate groups is 1. The number of benzene rings is 3. The van der Waals surface area contributed by atoms with E-state index in [0.717, 1.165) is 10.5 Å². The fourth-order valence-corrected chi connectivity index (χ4v) is 3.63. The van der Waals surface area contributed by atoms with Crippen molar-refractivity contribution in [2.24, 2.45) is 0 Å². The van der Waals surface area contributed by atoms with Gasteiger partial charge in [-0.15, -0.1) is 0 Å². The van der Waals surface area contributed by atoms with Gasteiger partial charge in [0.25, 0.3) is 11.8 Å². The largest absolute Gasteiger partial charge is 0.335 e. The lowest BCUT2D eigenvalue weighted by molar-refractivity contribution is -0.122. The Balaban J connectivity index is 1.62. The molecule has 1 aliphatic heterocycles. The van der Waals surface area contributed by atoms with Gasteiger partial charge in [-0.1, -0.05) is 60.1 Å². The van der Waals surface area contributed by atoms with Crippen LogP contribution < -0.4 is 10.2 Å². The zero-order valence-electron chi connectivity index (χ0n) is 17.1. The molecule has 0 bridgehead atoms. The van der Waals surface area contributed by atoms with Crippen molar-refractivity contribution in [3.05, 3.63) is 105 Å². The summed E-state index contributed by atoms with van der Waals surface area (Å²) in [5.41, 5.74) is 2.83. The van der Waals surface area contributed by atoms with E-state index in [1.807, 2.05) is 0 Å². The van der Waals surface area contributed by atoms with Crippen LogP contribution in [0.3, 0.4) is 0 Å². The van der Waals surface area contributed by atoms with Crippen LogP contribution >= 0.6 is 11.6 Å². The van der Waals surface area contributed by atoms with Crippen molar-refractivity contribution in [3.63, 3.8) is 0 Å². The molecule has 7 heteroatoms. The summed E-state index contributed by atoms with van der Waals surface area (Å²) in [7, 11) is 0. The Morgan fingerprint density at radius 3 is 2.44 bits per heavy atom. The third-order valence-corrected chi connectivity index (χ3v) is 5.39. The molecule has 1 aliphatic rings. The van der Waals surface area contributed by atoms with Gasteiger partial charge in [-0.3, -0.25) is 14.9 Å². The molecule has 1 fully saturated rings. The van der Waals surface area contributed by atoms with Crippen molar-refractivity contribution in [1.82, 2.24) is 5.32 Å². The van der Waals surface area contributed by atoms with E-state index < -0.39 is 17.8 Å². The van der Waals surface area contributed by atoms with Gasteiger partial charge in [0.2, 0.25) is 0 Å². The van der Waals surface area contributed by atoms with Crippen molar-refractivity contribution in [2.75, 3.05) is 4.90 Å². The Morgan fingerprint density at radius 2 is 1.72 bits per heavy atom. The number of aryl methyl sites for hydroxylation is 1. The first-order valence-electron chi connectivity index (χ1n) is 9.83. The first-order valence-corrected chi connectivity index (χ1v) is 10.2. The average Bonchev–Trinajstić information content (AvgIpc) is 2.76. The van der Waals surface area contributed by atoms with E-state index in [2.05, 4.69) is 5.32 Å². The highest BCUT2D eigenvalue weighted by Crippen LogP contribution is 2.28. The summed E-state index contributed by atoms with van der Waals surface area (Å²) in [4.78, 5) is 38.7. The standard InChI is InChI=1S/C25H18ClFN2O3/c1-15-6-11-19(26)14-22(15)29-24(31)20(23(30)28-25(29)32)13-17-9-7-16(8-10-17)12-18-4-2-3-5-21(18)27/h2-11,13-14H,12H2,1H3,(H,28,30,32)/b20-13+. The van der Waals surface area contributed by atoms with Crippen LogP contribution in [-0.4, -0.2) is 17.8 Å². The number of amides is 4. The predicted molar refractivity (Wildman–Crippen MR) is 121 cm³/mol. The second-order valence-corrected chi connectivity index (χ2v) is 7.83. The van der Waals surface area contributed by atoms with E-state index in [9.17, 15) is 18.8 Å². The number of hydrogen-bond acceptors (Lipinski definition) is 3. The van der Waals surface area contributed by atoms with Gasteiger partial charge in [0.1, 0.15) is 11.4 Å². The number of nitrogens with zero attached hydrogens (tertiary/aromatic N) is 1. The van der Waals surface area contributed by atoms with E-state index in [4.69, 9.17) is 11.6 Å². The molecule has 3 aromatic carbocycles. The highest BCUT2D eigenvalue weighted by Gasteiger charge is 2.37. The molecule has 4 rings (SSSR count). The molecule has 1 saturated heterocycles. The van der Waals surface area contributed by atoms with E-state index >= 15 is 0 Å². The molecular weight excluding hydrogens is 431 g/mol. The summed E-state index contributed by atoms with van der Waals surface area (Å²) in [5, 5.41) is 2.56. The highest BCUT2D eigenvalue weighted by molar-refractivity contribution is 6.39. The molecule has 4 amide bonds. The van der Waals surface area contributed by atoms with Crippen LogP contribution in [0.15, 0.2) is 72.3 Å². The van der Waals surface area contributed by atoms with Crippen LogP contribution in [0.4, 0.5) is 14.9 Å². The number of halogens is 2. The summed E-state index contributed by atoms with van der Waals surface area (Å²) in [6.07, 6.45) is 1.84. The molecule has 5 nitrogen and oxygen atoms in total. The van der Waals surface area contributed by atoms with Crippen molar-refractivity contribution < 1.29 is 18.8 Å². The monoisotopic (exact) mass is 448 g/mol. The SMILES string of the molecule is Cc1ccc(Cl)cc1N1C(=O)NC(=O)/C(=C\c2ccc(Cc3ccccc3F)cc2)C1=O. The second kappa shape index (κ2) is 8.77. The lowest BCUT2D eigenvalue weighted by Gasteiger charge is -2.27. The number of hydrogen-bond donors (Lipinski definition) is 1. The van der Waals surface area contributed by atoms with E-state index in [0.29, 0.717) is 33.8 Å². The Labute approximate surface area is 189 Å². The summed E-state index contributed by atoms with van der Waals surface area (Å²) in [6, 6.07) is 17.6. The topological polar surface area (TPSA) is 66.5 Å². The molecule has 0 aromatic heterocycles. The van der Waals surface area contributed by atoms with Gasteiger partial charge in [-0.25, -0.2) is 14.1 Å². The fourth-order valence-electron chi connectivity index (χ4n) is 3.46. The van der Waals surface area contributed by atoms with Gasteiger partial charge in [0.15, 0.2) is 0 Å². The van der Waals surface area contributed by atoms with E-state index in [1.54, 1.807) is 61.5 Å². The average molecular weight is 449 g/mol. The van der Waals surface area contributed by atoms with Crippen LogP contribution in [-0.2, 0) is 16.0 Å². The number of carbonyl (C=O) groups is 3. The molecule has 0 radical (unpaired) electrons. The number of anilines is 1. The summed E-state index contributed by atoms with van der Waals surface area (Å²) >= 11 is 6.03. The van der Waals surface area contributed by atoms with Gasteiger partial charge in [0.05, 0.1) is 5.69 Å². The Morgan fingerprint density at radius 1 is 1.00 bits per heavy atom. The smallest absolute Gasteiger partial charge is 0.273 e. The normalized spacial score (nSPS) is 15.3. The molecule has 160 valence electrons. The molecule has 0 atom stereocenters. The third-order valence-electron chi connectivity index (χ3n) is 5.16. The quantitative estimate of drug-likeness (QED) is 0.449. The molecule has 1 heterocycles. The Hall–Kier alpha value is -3.77. The number of nitrogens with one attached hydrogen (secondary N) is 1. The number of rotatable bonds is 4. The van der Waals surface area contributed by atoms with Crippen LogP contribution in [0.1, 0.15) is 22.3 Å². The molecule has 1 N–H and O–H groups in total.